The first-order valence-electron chi connectivity index (χ1n) is 8.07. The Morgan fingerprint density at radius 2 is 1.74 bits per heavy atom. The van der Waals surface area contributed by atoms with Gasteiger partial charge in [-0.2, -0.15) is 0 Å². The zero-order valence-electron chi connectivity index (χ0n) is 13.8. The third-order valence-corrected chi connectivity index (χ3v) is 5.74. The lowest BCUT2D eigenvalue weighted by Crippen LogP contribution is -2.36. The van der Waals surface area contributed by atoms with E-state index in [1.165, 1.54) is 12.8 Å². The molecular weight excluding hydrogens is 312 g/mol. The molecule has 0 aliphatic carbocycles. The monoisotopic (exact) mass is 336 g/mol. The van der Waals surface area contributed by atoms with Gasteiger partial charge >= 0.3 is 0 Å². The number of nitrogens with zero attached hydrogens (tertiary/aromatic N) is 2. The Bertz CT molecular complexity index is 539. The number of carbonyl (C=O) groups is 1. The molecule has 0 N–H and O–H groups in total. The molecule has 2 saturated heterocycles. The fraction of sp³-hybridized carbons (Fsp3) is 0.588. The number of ether oxygens (including phenoxy) is 2. The van der Waals surface area contributed by atoms with Gasteiger partial charge in [0.25, 0.3) is 0 Å². The quantitative estimate of drug-likeness (QED) is 0.798. The molecule has 2 aliphatic heterocycles. The van der Waals surface area contributed by atoms with Gasteiger partial charge in [-0.3, -0.25) is 4.79 Å². The van der Waals surface area contributed by atoms with Crippen molar-refractivity contribution in [3.8, 4) is 11.5 Å². The lowest BCUT2D eigenvalue weighted by molar-refractivity contribution is -0.128. The highest BCUT2D eigenvalue weighted by Gasteiger charge is 2.33. The Hall–Kier alpha value is -1.40. The van der Waals surface area contributed by atoms with Crippen molar-refractivity contribution < 1.29 is 14.3 Å². The van der Waals surface area contributed by atoms with Gasteiger partial charge < -0.3 is 19.3 Å². The predicted octanol–water partition coefficient (Wildman–Crippen LogP) is 2.37. The van der Waals surface area contributed by atoms with E-state index in [1.54, 1.807) is 26.0 Å². The highest BCUT2D eigenvalue weighted by Crippen LogP contribution is 2.41. The smallest absolute Gasteiger partial charge is 0.233 e. The van der Waals surface area contributed by atoms with Crippen molar-refractivity contribution in [1.29, 1.82) is 0 Å². The van der Waals surface area contributed by atoms with E-state index in [-0.39, 0.29) is 11.3 Å². The molecule has 1 aromatic rings. The van der Waals surface area contributed by atoms with E-state index in [2.05, 4.69) is 4.90 Å². The lowest BCUT2D eigenvalue weighted by Gasteiger charge is -2.27. The zero-order chi connectivity index (χ0) is 16.2. The van der Waals surface area contributed by atoms with Crippen LogP contribution in [0.1, 0.15) is 23.8 Å². The molecular formula is C17H24N2O3S. The SMILES string of the molecule is COc1cc(OC)cc(C2SCC(=O)N2CCN2CCCC2)c1. The summed E-state index contributed by atoms with van der Waals surface area (Å²) < 4.78 is 10.7. The van der Waals surface area contributed by atoms with Crippen LogP contribution in [0.4, 0.5) is 0 Å². The topological polar surface area (TPSA) is 42.0 Å². The second-order valence-electron chi connectivity index (χ2n) is 5.95. The van der Waals surface area contributed by atoms with Gasteiger partial charge in [-0.1, -0.05) is 0 Å². The molecule has 1 atom stereocenters. The molecule has 23 heavy (non-hydrogen) atoms. The minimum atomic E-state index is 0.0501. The van der Waals surface area contributed by atoms with E-state index in [0.717, 1.165) is 43.2 Å². The number of methoxy groups -OCH3 is 2. The number of benzene rings is 1. The third-order valence-electron chi connectivity index (χ3n) is 4.48. The standard InChI is InChI=1S/C17H24N2O3S/c1-21-14-9-13(10-15(11-14)22-2)17-19(16(20)12-23-17)8-7-18-5-3-4-6-18/h9-11,17H,3-8,12H2,1-2H3. The first-order valence-corrected chi connectivity index (χ1v) is 9.12. The van der Waals surface area contributed by atoms with E-state index in [4.69, 9.17) is 9.47 Å². The minimum absolute atomic E-state index is 0.0501. The van der Waals surface area contributed by atoms with Crippen LogP contribution >= 0.6 is 11.8 Å². The summed E-state index contributed by atoms with van der Waals surface area (Å²) in [5.74, 6) is 2.29. The number of hydrogen-bond acceptors (Lipinski definition) is 5. The van der Waals surface area contributed by atoms with Crippen molar-refractivity contribution in [2.24, 2.45) is 0 Å². The van der Waals surface area contributed by atoms with Crippen LogP contribution in [-0.4, -0.2) is 61.9 Å². The minimum Gasteiger partial charge on any atom is -0.497 e. The van der Waals surface area contributed by atoms with Crippen LogP contribution in [0, 0.1) is 0 Å². The molecule has 6 heteroatoms. The Kier molecular flexibility index (Phi) is 5.33. The van der Waals surface area contributed by atoms with Crippen LogP contribution in [0.3, 0.4) is 0 Å². The van der Waals surface area contributed by atoms with Crippen LogP contribution in [-0.2, 0) is 4.79 Å². The Balaban J connectivity index is 1.75. The molecule has 2 aliphatic rings. The number of rotatable bonds is 6. The molecule has 0 bridgehead atoms. The van der Waals surface area contributed by atoms with Gasteiger partial charge in [0.2, 0.25) is 5.91 Å². The maximum Gasteiger partial charge on any atom is 0.233 e. The molecule has 126 valence electrons. The Morgan fingerprint density at radius 1 is 1.09 bits per heavy atom. The molecule has 1 unspecified atom stereocenters. The van der Waals surface area contributed by atoms with Crippen molar-refractivity contribution >= 4 is 17.7 Å². The van der Waals surface area contributed by atoms with Crippen LogP contribution in [0.25, 0.3) is 0 Å². The number of thioether (sulfide) groups is 1. The van der Waals surface area contributed by atoms with Crippen LogP contribution in [0.15, 0.2) is 18.2 Å². The summed E-state index contributed by atoms with van der Waals surface area (Å²) >= 11 is 1.68. The molecule has 1 aromatic carbocycles. The molecule has 0 aromatic heterocycles. The van der Waals surface area contributed by atoms with Crippen molar-refractivity contribution in [3.05, 3.63) is 23.8 Å². The number of amides is 1. The number of hydrogen-bond donors (Lipinski definition) is 0. The summed E-state index contributed by atoms with van der Waals surface area (Å²) in [5, 5.41) is 0.0501. The highest BCUT2D eigenvalue weighted by molar-refractivity contribution is 8.00. The first-order chi connectivity index (χ1) is 11.2. The summed E-state index contributed by atoms with van der Waals surface area (Å²) in [5.41, 5.74) is 1.07. The van der Waals surface area contributed by atoms with Crippen LogP contribution < -0.4 is 9.47 Å². The average molecular weight is 336 g/mol. The van der Waals surface area contributed by atoms with E-state index >= 15 is 0 Å². The zero-order valence-corrected chi connectivity index (χ0v) is 14.6. The van der Waals surface area contributed by atoms with Crippen molar-refractivity contribution in [2.45, 2.75) is 18.2 Å². The van der Waals surface area contributed by atoms with Gasteiger partial charge in [-0.25, -0.2) is 0 Å². The molecule has 2 fully saturated rings. The third kappa shape index (κ3) is 3.75. The Morgan fingerprint density at radius 3 is 2.35 bits per heavy atom. The van der Waals surface area contributed by atoms with Crippen LogP contribution in [0.5, 0.6) is 11.5 Å². The van der Waals surface area contributed by atoms with Gasteiger partial charge in [0, 0.05) is 19.2 Å². The predicted molar refractivity (Wildman–Crippen MR) is 92.1 cm³/mol. The molecule has 0 saturated carbocycles. The van der Waals surface area contributed by atoms with Gasteiger partial charge in [-0.15, -0.1) is 11.8 Å². The Labute approximate surface area is 141 Å². The molecule has 0 spiro atoms. The highest BCUT2D eigenvalue weighted by atomic mass is 32.2. The number of likely N-dealkylation sites (tertiary alicyclic amines) is 1. The molecule has 5 nitrogen and oxygen atoms in total. The fourth-order valence-electron chi connectivity index (χ4n) is 3.20. The molecule has 3 rings (SSSR count). The van der Waals surface area contributed by atoms with Gasteiger partial charge in [0.1, 0.15) is 16.9 Å². The lowest BCUT2D eigenvalue weighted by atomic mass is 10.1. The van der Waals surface area contributed by atoms with Crippen molar-refractivity contribution in [3.63, 3.8) is 0 Å². The van der Waals surface area contributed by atoms with Gasteiger partial charge in [0.05, 0.1) is 20.0 Å². The molecule has 1 amide bonds. The van der Waals surface area contributed by atoms with E-state index in [9.17, 15) is 4.79 Å². The summed E-state index contributed by atoms with van der Waals surface area (Å²) in [6.45, 7) is 4.07. The maximum absolute atomic E-state index is 12.3. The van der Waals surface area contributed by atoms with Gasteiger partial charge in [0.15, 0.2) is 0 Å². The van der Waals surface area contributed by atoms with E-state index in [0.29, 0.717) is 5.75 Å². The van der Waals surface area contributed by atoms with Crippen LogP contribution in [0.2, 0.25) is 0 Å². The first kappa shape index (κ1) is 16.5. The largest absolute Gasteiger partial charge is 0.497 e. The van der Waals surface area contributed by atoms with Crippen molar-refractivity contribution in [1.82, 2.24) is 9.80 Å². The molecule has 2 heterocycles. The van der Waals surface area contributed by atoms with Gasteiger partial charge in [-0.05, 0) is 43.6 Å². The second kappa shape index (κ2) is 7.45. The summed E-state index contributed by atoms with van der Waals surface area (Å²) in [6.07, 6.45) is 2.55. The summed E-state index contributed by atoms with van der Waals surface area (Å²) in [7, 11) is 3.30. The van der Waals surface area contributed by atoms with E-state index in [1.807, 2.05) is 23.1 Å². The van der Waals surface area contributed by atoms with Crippen molar-refractivity contribution in [2.75, 3.05) is 46.2 Å². The maximum atomic E-state index is 12.3. The molecule has 0 radical (unpaired) electrons. The average Bonchev–Trinajstić information content (AvgIpc) is 3.22. The van der Waals surface area contributed by atoms with E-state index < -0.39 is 0 Å². The second-order valence-corrected chi connectivity index (χ2v) is 7.01. The summed E-state index contributed by atoms with van der Waals surface area (Å²) in [4.78, 5) is 16.7. The fourth-order valence-corrected chi connectivity index (χ4v) is 4.40. The number of carbonyl (C=O) groups excluding carboxylic acids is 1. The summed E-state index contributed by atoms with van der Waals surface area (Å²) in [6, 6.07) is 5.86. The normalized spacial score (nSPS) is 21.9.